The number of esters is 3. The molecule has 145 heavy (non-hydrogen) atoms. The Bertz CT molecular complexity index is 3910. The number of phosphoric ester groups is 1. The minimum absolute atomic E-state index is 0.00915. The number of nitrogens with zero attached hydrogens (tertiary/aromatic N) is 4. The maximum atomic E-state index is 14.7. The van der Waals surface area contributed by atoms with Crippen molar-refractivity contribution in [2.45, 2.75) is 340 Å². The molecule has 7 amide bonds. The minimum atomic E-state index is -4.60. The predicted molar refractivity (Wildman–Crippen MR) is 544 cm³/mol. The number of carboxylic acids is 2. The lowest BCUT2D eigenvalue weighted by Gasteiger charge is -2.34. The van der Waals surface area contributed by atoms with Crippen molar-refractivity contribution >= 4 is 85.0 Å². The molecule has 2 saturated heterocycles. The molecule has 2 aromatic rings. The molecule has 0 aromatic heterocycles. The van der Waals surface area contributed by atoms with Crippen LogP contribution in [0.1, 0.15) is 296 Å². The summed E-state index contributed by atoms with van der Waals surface area (Å²) in [5, 5.41) is 43.1. The Morgan fingerprint density at radius 3 is 1.53 bits per heavy atom. The second-order valence-electron chi connectivity index (χ2n) is 35.7. The van der Waals surface area contributed by atoms with Crippen molar-refractivity contribution in [3.05, 3.63) is 81.9 Å². The number of carboxylic acid groups (broad SMARTS) is 2. The van der Waals surface area contributed by atoms with Crippen LogP contribution in [0.3, 0.4) is 0 Å². The fourth-order valence-corrected chi connectivity index (χ4v) is 16.1. The summed E-state index contributed by atoms with van der Waals surface area (Å²) in [6, 6.07) is 12.8. The number of nitrogens with two attached hydrogens (primary N) is 2. The number of nitrogens with one attached hydrogen (secondary N) is 7. The lowest BCUT2D eigenvalue weighted by Crippen LogP contribution is -2.60. The van der Waals surface area contributed by atoms with Crippen LogP contribution in [0, 0.1) is 10.1 Å². The fourth-order valence-electron chi connectivity index (χ4n) is 15.4. The van der Waals surface area contributed by atoms with Crippen molar-refractivity contribution in [3.63, 3.8) is 0 Å². The third kappa shape index (κ3) is 70.9. The minimum Gasteiger partial charge on any atom is -0.481 e. The molecule has 2 heterocycles. The zero-order valence-electron chi connectivity index (χ0n) is 86.8. The van der Waals surface area contributed by atoms with E-state index in [-0.39, 0.29) is 156 Å². The normalized spacial score (nSPS) is 14.8. The van der Waals surface area contributed by atoms with Crippen LogP contribution in [0.15, 0.2) is 65.7 Å². The molecule has 2 aromatic carbocycles. The summed E-state index contributed by atoms with van der Waals surface area (Å²) in [5.74, 6) is -7.84. The van der Waals surface area contributed by atoms with Gasteiger partial charge in [-0.15, -0.1) is 0 Å². The molecule has 14 N–H and O–H groups in total. The monoisotopic (exact) mass is 2080 g/mol. The molecule has 0 spiro atoms. The van der Waals surface area contributed by atoms with Crippen LogP contribution in [0.2, 0.25) is 0 Å². The first-order chi connectivity index (χ1) is 70.1. The molecule has 0 saturated carbocycles. The number of hydrogen-bond donors (Lipinski definition) is 12. The molecule has 43 nitrogen and oxygen atoms in total. The number of likely N-dealkylation sites (N-methyl/N-ethyl adjacent to an activating group) is 1. The van der Waals surface area contributed by atoms with E-state index in [0.29, 0.717) is 78.1 Å². The Labute approximate surface area is 857 Å². The van der Waals surface area contributed by atoms with Crippen LogP contribution in [0.25, 0.3) is 0 Å². The third-order valence-electron chi connectivity index (χ3n) is 23.3. The molecule has 0 aliphatic carbocycles. The average Bonchev–Trinajstić information content (AvgIpc) is 1.66. The number of hydrazine groups is 1. The zero-order valence-corrected chi connectivity index (χ0v) is 87.7. The van der Waals surface area contributed by atoms with Crippen LogP contribution in [-0.4, -0.2) is 301 Å². The molecular weight excluding hydrogens is 1910 g/mol. The van der Waals surface area contributed by atoms with Gasteiger partial charge in [0.2, 0.25) is 41.4 Å². The van der Waals surface area contributed by atoms with E-state index in [9.17, 15) is 77.1 Å². The van der Waals surface area contributed by atoms with Crippen molar-refractivity contribution in [3.8, 4) is 0 Å². The number of amides is 7. The number of likely N-dealkylation sites (tertiary alicyclic amines) is 2. The molecule has 2 aliphatic rings. The van der Waals surface area contributed by atoms with Crippen LogP contribution in [0.5, 0.6) is 0 Å². The smallest absolute Gasteiger partial charge is 0.472 e. The number of unbranched alkanes of at least 4 members (excludes halogenated alkanes) is 26. The van der Waals surface area contributed by atoms with Crippen molar-refractivity contribution < 1.29 is 139 Å². The van der Waals surface area contributed by atoms with Gasteiger partial charge in [-0.05, 0) is 82.9 Å². The summed E-state index contributed by atoms with van der Waals surface area (Å²) in [5.41, 5.74) is 14.2. The first kappa shape index (κ1) is 132. The molecule has 4 rings (SSSR count). The highest BCUT2D eigenvalue weighted by atomic mass is 31.2. The molecular formula is C101H174N13O30P. The Morgan fingerprint density at radius 2 is 0.986 bits per heavy atom. The highest BCUT2D eigenvalue weighted by Gasteiger charge is 2.45. The van der Waals surface area contributed by atoms with E-state index in [1.807, 2.05) is 50.4 Å². The molecule has 828 valence electrons. The fraction of sp³-hybridized carbons (Fsp3) is 0.752. The van der Waals surface area contributed by atoms with E-state index in [2.05, 4.69) is 50.7 Å². The molecule has 0 radical (unpaired) electrons. The van der Waals surface area contributed by atoms with Gasteiger partial charge in [-0.2, -0.15) is 0 Å². The van der Waals surface area contributed by atoms with Crippen LogP contribution in [-0.2, 0) is 132 Å². The molecule has 2 aliphatic heterocycles. The number of carbonyl (C=O) groups excluding carboxylic acids is 10. The van der Waals surface area contributed by atoms with E-state index in [0.717, 1.165) is 69.0 Å². The summed E-state index contributed by atoms with van der Waals surface area (Å²) in [6.45, 7) is 10.5. The maximum absolute atomic E-state index is 14.7. The number of aliphatic carboxylic acids is 2. The van der Waals surface area contributed by atoms with Gasteiger partial charge in [0.05, 0.1) is 91.8 Å². The van der Waals surface area contributed by atoms with E-state index in [1.165, 1.54) is 125 Å². The number of nitro groups is 1. The van der Waals surface area contributed by atoms with E-state index in [1.54, 1.807) is 36.6 Å². The van der Waals surface area contributed by atoms with E-state index in [4.69, 9.17) is 78.1 Å². The first-order valence-corrected chi connectivity index (χ1v) is 53.9. The van der Waals surface area contributed by atoms with Gasteiger partial charge in [-0.1, -0.05) is 260 Å². The van der Waals surface area contributed by atoms with Crippen molar-refractivity contribution in [2.24, 2.45) is 16.5 Å². The second kappa shape index (κ2) is 87.5. The van der Waals surface area contributed by atoms with Gasteiger partial charge in [0, 0.05) is 65.1 Å². The van der Waals surface area contributed by atoms with Gasteiger partial charge in [0.25, 0.3) is 5.96 Å². The van der Waals surface area contributed by atoms with Gasteiger partial charge >= 0.3 is 37.7 Å². The van der Waals surface area contributed by atoms with Crippen LogP contribution < -0.4 is 48.8 Å². The summed E-state index contributed by atoms with van der Waals surface area (Å²) in [6.07, 6.45) is 32.9. The van der Waals surface area contributed by atoms with Crippen LogP contribution >= 0.6 is 7.82 Å². The Balaban J connectivity index is 0.000000928. The number of benzene rings is 2. The average molecular weight is 2080 g/mol. The SMILES string of the molecule is CCCCCC(NC(=O)C(NC(=O)COCCOCCNC(=O)COCCOCCN)C(C)OCc1ccccc1)C(=O)N1CCCC1C(=O)N1CCCC1C(=O)NC(CCCN=C(N)N[N+](=O)[O-])C(=O)OCc1ccccc1.CCCCCCCCCCCCCCCC(=O)OCC(COP(=O)(O)OCCNC(=O)CCC(=O)O)OC(=O)CCCCCCCCCCCCCCC.CNCCOCCOCC(=O)O. The zero-order chi connectivity index (χ0) is 106. The van der Waals surface area contributed by atoms with Gasteiger partial charge in [-0.25, -0.2) is 29.3 Å². The Kier molecular flexibility index (Phi) is 79.4. The number of ether oxygens (including phenoxy) is 10. The van der Waals surface area contributed by atoms with Crippen molar-refractivity contribution in [2.75, 3.05) is 152 Å². The standard InChI is InChI=1S/C53H81N11O15.C41H78NO11P.C7H15NO4/c1-3-4-7-19-41(58-49(68)47(38(2)78-34-39-15-8-5-9-16-39)60-46(66)37-77-33-31-75-29-25-56-45(65)36-76-32-30-74-28-23-54)50(69)63-27-14-22-44(63)51(70)62-26-13-21-43(62)48(67)59-42(20-12-24-57-53(55)61-64(72)73)52(71)79-35-40-17-10-6-11-18-40;1-3-5-7-9-11-13-15-17-19-21-23-25-27-29-40(46)50-35-37(36-52-54(48,49)51-34-33-42-38(43)31-32-39(44)45)53-41(47)30-28-26-24-22-20-18-16-14-12-10-8-6-4-2;1-8-2-3-11-4-5-12-6-7(9)10/h5-6,8-11,15-18,38,41-44,47H,3-4,7,12-14,19-37,54H2,1-2H3,(H,56,65)(H,58,68)(H,59,67)(H,60,66)(H3,55,57,61);37H,3-36H2,1-2H3,(H,42,43)(H,44,45)(H,48,49);8H,2-6H2,1H3,(H,9,10). The van der Waals surface area contributed by atoms with Gasteiger partial charge in [-0.3, -0.25) is 57.0 Å². The number of guanidine groups is 1. The highest BCUT2D eigenvalue weighted by Crippen LogP contribution is 2.43. The number of aliphatic imine (C=N–C) groups is 1. The summed E-state index contributed by atoms with van der Waals surface area (Å²) in [4.78, 5) is 182. The molecule has 8 unspecified atom stereocenters. The first-order valence-electron chi connectivity index (χ1n) is 52.4. The van der Waals surface area contributed by atoms with Gasteiger partial charge < -0.3 is 116 Å². The van der Waals surface area contributed by atoms with Crippen molar-refractivity contribution in [1.29, 1.82) is 0 Å². The second-order valence-corrected chi connectivity index (χ2v) is 37.1. The molecule has 44 heteroatoms. The van der Waals surface area contributed by atoms with Gasteiger partial charge in [0.1, 0.15) is 63.2 Å². The summed E-state index contributed by atoms with van der Waals surface area (Å²) in [7, 11) is -2.76. The van der Waals surface area contributed by atoms with E-state index < -0.39 is 140 Å². The quantitative estimate of drug-likeness (QED) is 0.00428. The maximum Gasteiger partial charge on any atom is 0.472 e. The Morgan fingerprint density at radius 1 is 0.503 bits per heavy atom. The number of hydrogen-bond acceptors (Lipinski definition) is 30. The number of phosphoric acid groups is 1. The topological polar surface area (TPSA) is 592 Å². The molecule has 2 fully saturated rings. The molecule has 0 bridgehead atoms. The lowest BCUT2D eigenvalue weighted by atomic mass is 10.0. The predicted octanol–water partition coefficient (Wildman–Crippen LogP) is 10.2. The number of carbonyl (C=O) groups is 12. The number of rotatable bonds is 87. The third-order valence-corrected chi connectivity index (χ3v) is 24.2. The largest absolute Gasteiger partial charge is 0.481 e. The lowest BCUT2D eigenvalue weighted by molar-refractivity contribution is -0.525. The van der Waals surface area contributed by atoms with E-state index >= 15 is 0 Å². The highest BCUT2D eigenvalue weighted by molar-refractivity contribution is 7.47. The van der Waals surface area contributed by atoms with Gasteiger partial charge in [0.15, 0.2) is 11.1 Å². The Hall–Kier alpha value is -9.50. The van der Waals surface area contributed by atoms with Crippen LogP contribution in [0.4, 0.5) is 0 Å². The summed E-state index contributed by atoms with van der Waals surface area (Å²) < 4.78 is 76.2. The summed E-state index contributed by atoms with van der Waals surface area (Å²) >= 11 is 0. The molecule has 8 atom stereocenters. The van der Waals surface area contributed by atoms with Crippen molar-refractivity contribution in [1.82, 2.24) is 47.1 Å².